The molecule has 2 aromatic heterocycles. The minimum absolute atomic E-state index is 0.0449. The minimum Gasteiger partial charge on any atom is -0.353 e. The topological polar surface area (TPSA) is 62.2 Å². The molecular formula is C17H23N5OS. The van der Waals surface area contributed by atoms with Crippen LogP contribution < -0.4 is 4.90 Å². The molecule has 1 amide bonds. The van der Waals surface area contributed by atoms with Gasteiger partial charge in [0, 0.05) is 43.3 Å². The third-order valence-corrected chi connectivity index (χ3v) is 5.11. The maximum absolute atomic E-state index is 12.6. The van der Waals surface area contributed by atoms with Crippen molar-refractivity contribution in [1.82, 2.24) is 19.9 Å². The Morgan fingerprint density at radius 2 is 2.00 bits per heavy atom. The molecule has 2 aromatic rings. The molecule has 0 aliphatic carbocycles. The normalized spacial score (nSPS) is 15.2. The predicted molar refractivity (Wildman–Crippen MR) is 95.7 cm³/mol. The maximum Gasteiger partial charge on any atom is 0.282 e. The van der Waals surface area contributed by atoms with Crippen LogP contribution in [0, 0.1) is 0 Å². The Bertz CT molecular complexity index is 707. The largest absolute Gasteiger partial charge is 0.353 e. The van der Waals surface area contributed by atoms with Crippen LogP contribution in [0.25, 0.3) is 0 Å². The number of thiazole rings is 1. The standard InChI is InChI=1S/C17H23N5OS/c1-4-13-9-15(19-11-18-13)21-5-7-22(8-6-21)17(23)16-20-14(10-24-16)12(2)3/h9-12H,4-8H2,1-3H3. The van der Waals surface area contributed by atoms with Crippen LogP contribution in [0.3, 0.4) is 0 Å². The lowest BCUT2D eigenvalue weighted by Gasteiger charge is -2.35. The third kappa shape index (κ3) is 3.56. The van der Waals surface area contributed by atoms with Crippen molar-refractivity contribution >= 4 is 23.1 Å². The van der Waals surface area contributed by atoms with E-state index in [0.717, 1.165) is 36.7 Å². The SMILES string of the molecule is CCc1cc(N2CCN(C(=O)c3nc(C(C)C)cs3)CC2)ncn1. The Kier molecular flexibility index (Phi) is 5.08. The summed E-state index contributed by atoms with van der Waals surface area (Å²) in [4.78, 5) is 29.8. The molecule has 3 heterocycles. The van der Waals surface area contributed by atoms with Gasteiger partial charge in [0.15, 0.2) is 5.01 Å². The molecule has 0 N–H and O–H groups in total. The molecule has 0 spiro atoms. The minimum atomic E-state index is 0.0449. The van der Waals surface area contributed by atoms with E-state index in [0.29, 0.717) is 24.0 Å². The highest BCUT2D eigenvalue weighted by atomic mass is 32.1. The molecule has 1 aliphatic heterocycles. The Morgan fingerprint density at radius 1 is 1.25 bits per heavy atom. The van der Waals surface area contributed by atoms with Gasteiger partial charge in [0.2, 0.25) is 0 Å². The summed E-state index contributed by atoms with van der Waals surface area (Å²) in [5, 5.41) is 2.59. The first-order valence-electron chi connectivity index (χ1n) is 8.39. The summed E-state index contributed by atoms with van der Waals surface area (Å²) in [6.07, 6.45) is 2.52. The molecule has 0 bridgehead atoms. The first kappa shape index (κ1) is 16.8. The van der Waals surface area contributed by atoms with Gasteiger partial charge < -0.3 is 9.80 Å². The summed E-state index contributed by atoms with van der Waals surface area (Å²) in [6.45, 7) is 9.23. The second kappa shape index (κ2) is 7.25. The molecule has 24 heavy (non-hydrogen) atoms. The van der Waals surface area contributed by atoms with Crippen molar-refractivity contribution in [3.05, 3.63) is 34.2 Å². The second-order valence-electron chi connectivity index (χ2n) is 6.23. The third-order valence-electron chi connectivity index (χ3n) is 4.26. The van der Waals surface area contributed by atoms with Gasteiger partial charge in [0.05, 0.1) is 5.69 Å². The molecular weight excluding hydrogens is 322 g/mol. The summed E-state index contributed by atoms with van der Waals surface area (Å²) in [6, 6.07) is 2.03. The van der Waals surface area contributed by atoms with Gasteiger partial charge >= 0.3 is 0 Å². The average molecular weight is 345 g/mol. The molecule has 0 atom stereocenters. The van der Waals surface area contributed by atoms with E-state index in [1.54, 1.807) is 6.33 Å². The van der Waals surface area contributed by atoms with Crippen molar-refractivity contribution in [2.24, 2.45) is 0 Å². The zero-order valence-electron chi connectivity index (χ0n) is 14.4. The molecule has 1 aliphatic rings. The monoisotopic (exact) mass is 345 g/mol. The summed E-state index contributed by atoms with van der Waals surface area (Å²) in [5.74, 6) is 1.35. The highest BCUT2D eigenvalue weighted by molar-refractivity contribution is 7.11. The van der Waals surface area contributed by atoms with Crippen molar-refractivity contribution in [1.29, 1.82) is 0 Å². The van der Waals surface area contributed by atoms with E-state index >= 15 is 0 Å². The Morgan fingerprint density at radius 3 is 2.62 bits per heavy atom. The molecule has 0 saturated carbocycles. The highest BCUT2D eigenvalue weighted by Gasteiger charge is 2.25. The van der Waals surface area contributed by atoms with E-state index in [4.69, 9.17) is 0 Å². The van der Waals surface area contributed by atoms with E-state index in [9.17, 15) is 4.79 Å². The van der Waals surface area contributed by atoms with Gasteiger partial charge in [0.25, 0.3) is 5.91 Å². The van der Waals surface area contributed by atoms with E-state index in [1.165, 1.54) is 11.3 Å². The molecule has 128 valence electrons. The van der Waals surface area contributed by atoms with Crippen LogP contribution in [-0.4, -0.2) is 51.9 Å². The van der Waals surface area contributed by atoms with Crippen LogP contribution in [0.15, 0.2) is 17.8 Å². The number of aryl methyl sites for hydroxylation is 1. The van der Waals surface area contributed by atoms with Gasteiger partial charge in [-0.3, -0.25) is 4.79 Å². The summed E-state index contributed by atoms with van der Waals surface area (Å²) in [5.41, 5.74) is 2.04. The van der Waals surface area contributed by atoms with Gasteiger partial charge in [0.1, 0.15) is 12.1 Å². The quantitative estimate of drug-likeness (QED) is 0.852. The van der Waals surface area contributed by atoms with Gasteiger partial charge in [-0.05, 0) is 12.3 Å². The molecule has 0 radical (unpaired) electrons. The fraction of sp³-hybridized carbons (Fsp3) is 0.529. The summed E-state index contributed by atoms with van der Waals surface area (Å²) < 4.78 is 0. The number of amides is 1. The van der Waals surface area contributed by atoms with Crippen LogP contribution in [0.1, 0.15) is 47.9 Å². The van der Waals surface area contributed by atoms with Crippen molar-refractivity contribution < 1.29 is 4.79 Å². The van der Waals surface area contributed by atoms with Crippen molar-refractivity contribution in [2.45, 2.75) is 33.1 Å². The zero-order valence-corrected chi connectivity index (χ0v) is 15.2. The van der Waals surface area contributed by atoms with Crippen LogP contribution in [0.2, 0.25) is 0 Å². The Balaban J connectivity index is 1.62. The molecule has 0 unspecified atom stereocenters. The molecule has 6 nitrogen and oxygen atoms in total. The van der Waals surface area contributed by atoms with Crippen molar-refractivity contribution in [3.8, 4) is 0 Å². The van der Waals surface area contributed by atoms with E-state index < -0.39 is 0 Å². The lowest BCUT2D eigenvalue weighted by atomic mass is 10.2. The maximum atomic E-state index is 12.6. The molecule has 1 fully saturated rings. The van der Waals surface area contributed by atoms with Crippen LogP contribution in [0.4, 0.5) is 5.82 Å². The number of aromatic nitrogens is 3. The lowest BCUT2D eigenvalue weighted by Crippen LogP contribution is -2.49. The van der Waals surface area contributed by atoms with E-state index in [2.05, 4.69) is 40.6 Å². The number of hydrogen-bond donors (Lipinski definition) is 0. The Labute approximate surface area is 146 Å². The van der Waals surface area contributed by atoms with Gasteiger partial charge in [-0.2, -0.15) is 0 Å². The van der Waals surface area contributed by atoms with Gasteiger partial charge in [-0.25, -0.2) is 15.0 Å². The summed E-state index contributed by atoms with van der Waals surface area (Å²) >= 11 is 1.45. The second-order valence-corrected chi connectivity index (χ2v) is 7.09. The van der Waals surface area contributed by atoms with E-state index in [-0.39, 0.29) is 5.91 Å². The Hall–Kier alpha value is -2.02. The van der Waals surface area contributed by atoms with Crippen molar-refractivity contribution in [3.63, 3.8) is 0 Å². The summed E-state index contributed by atoms with van der Waals surface area (Å²) in [7, 11) is 0. The molecule has 1 saturated heterocycles. The number of carbonyl (C=O) groups is 1. The molecule has 0 aromatic carbocycles. The number of hydrogen-bond acceptors (Lipinski definition) is 6. The van der Waals surface area contributed by atoms with Crippen molar-refractivity contribution in [2.75, 3.05) is 31.1 Å². The molecule has 7 heteroatoms. The average Bonchev–Trinajstić information content (AvgIpc) is 3.12. The first-order chi connectivity index (χ1) is 11.6. The first-order valence-corrected chi connectivity index (χ1v) is 9.27. The lowest BCUT2D eigenvalue weighted by molar-refractivity contribution is 0.0746. The van der Waals surface area contributed by atoms with Crippen LogP contribution in [-0.2, 0) is 6.42 Å². The van der Waals surface area contributed by atoms with Crippen LogP contribution in [0.5, 0.6) is 0 Å². The molecule has 3 rings (SSSR count). The number of nitrogens with zero attached hydrogens (tertiary/aromatic N) is 5. The highest BCUT2D eigenvalue weighted by Crippen LogP contribution is 2.20. The predicted octanol–water partition coefficient (Wildman–Crippen LogP) is 2.58. The number of rotatable bonds is 4. The fourth-order valence-corrected chi connectivity index (χ4v) is 3.62. The van der Waals surface area contributed by atoms with Crippen LogP contribution >= 0.6 is 11.3 Å². The van der Waals surface area contributed by atoms with E-state index in [1.807, 2.05) is 16.3 Å². The zero-order chi connectivity index (χ0) is 17.1. The number of carbonyl (C=O) groups excluding carboxylic acids is 1. The van der Waals surface area contributed by atoms with Gasteiger partial charge in [-0.1, -0.05) is 20.8 Å². The smallest absolute Gasteiger partial charge is 0.282 e. The number of anilines is 1. The number of piperazine rings is 1. The van der Waals surface area contributed by atoms with Gasteiger partial charge in [-0.15, -0.1) is 11.3 Å². The fourth-order valence-electron chi connectivity index (χ4n) is 2.68.